The highest BCUT2D eigenvalue weighted by Crippen LogP contribution is 2.17. The summed E-state index contributed by atoms with van der Waals surface area (Å²) in [6.07, 6.45) is 3.21. The summed E-state index contributed by atoms with van der Waals surface area (Å²) in [5.74, 6) is 0.652. The number of amides is 1. The monoisotopic (exact) mass is 382 g/mol. The van der Waals surface area contributed by atoms with Gasteiger partial charge in [0.15, 0.2) is 0 Å². The van der Waals surface area contributed by atoms with Crippen molar-refractivity contribution >= 4 is 5.91 Å². The van der Waals surface area contributed by atoms with Gasteiger partial charge in [-0.15, -0.1) is 0 Å². The van der Waals surface area contributed by atoms with Crippen LogP contribution in [0, 0.1) is 0 Å². The predicted molar refractivity (Wildman–Crippen MR) is 111 cm³/mol. The van der Waals surface area contributed by atoms with E-state index in [9.17, 15) is 4.79 Å². The third kappa shape index (κ3) is 6.66. The van der Waals surface area contributed by atoms with Crippen LogP contribution in [-0.4, -0.2) is 50.3 Å². The summed E-state index contributed by atoms with van der Waals surface area (Å²) in [6.45, 7) is 3.85. The van der Waals surface area contributed by atoms with Crippen LogP contribution in [0.2, 0.25) is 0 Å². The van der Waals surface area contributed by atoms with Crippen molar-refractivity contribution in [2.24, 2.45) is 0 Å². The molecule has 0 bridgehead atoms. The van der Waals surface area contributed by atoms with Gasteiger partial charge < -0.3 is 19.7 Å². The maximum atomic E-state index is 12.4. The molecule has 1 N–H and O–H groups in total. The Morgan fingerprint density at radius 3 is 2.86 bits per heavy atom. The van der Waals surface area contributed by atoms with Crippen LogP contribution in [0.3, 0.4) is 0 Å². The molecule has 1 fully saturated rings. The third-order valence-corrected chi connectivity index (χ3v) is 4.85. The number of hydrogen-bond acceptors (Lipinski definition) is 4. The molecule has 28 heavy (non-hydrogen) atoms. The first-order chi connectivity index (χ1) is 13.7. The van der Waals surface area contributed by atoms with Gasteiger partial charge in [0, 0.05) is 25.3 Å². The second-order valence-corrected chi connectivity index (χ2v) is 7.31. The Morgan fingerprint density at radius 1 is 1.21 bits per heavy atom. The molecule has 1 aliphatic rings. The summed E-state index contributed by atoms with van der Waals surface area (Å²) in [6, 6.07) is 17.8. The van der Waals surface area contributed by atoms with Gasteiger partial charge in [0.2, 0.25) is 0 Å². The van der Waals surface area contributed by atoms with Crippen LogP contribution >= 0.6 is 0 Å². The zero-order valence-electron chi connectivity index (χ0n) is 16.6. The molecule has 5 nitrogen and oxygen atoms in total. The fourth-order valence-corrected chi connectivity index (χ4v) is 3.32. The number of benzene rings is 2. The molecular formula is C23H30N2O3. The van der Waals surface area contributed by atoms with Gasteiger partial charge in [-0.2, -0.15) is 0 Å². The molecule has 2 aromatic carbocycles. The van der Waals surface area contributed by atoms with E-state index in [0.29, 0.717) is 24.5 Å². The van der Waals surface area contributed by atoms with Gasteiger partial charge in [0.25, 0.3) is 5.91 Å². The van der Waals surface area contributed by atoms with Crippen molar-refractivity contribution < 1.29 is 14.3 Å². The highest BCUT2D eigenvalue weighted by atomic mass is 16.5. The predicted octanol–water partition coefficient (Wildman–Crippen LogP) is 3.50. The van der Waals surface area contributed by atoms with Gasteiger partial charge in [0.1, 0.15) is 12.4 Å². The molecule has 1 amide bonds. The first-order valence-corrected chi connectivity index (χ1v) is 10.1. The molecule has 1 saturated heterocycles. The molecule has 1 aliphatic heterocycles. The molecular weight excluding hydrogens is 352 g/mol. The standard InChI is InChI=1S/C23H30N2O3/c1-25(17-19-8-3-2-4-9-19)14-7-13-24-23(26)20-10-5-11-21(16-20)28-18-22-12-6-15-27-22/h2-5,8-11,16,22H,6-7,12-15,17-18H2,1H3,(H,24,26). The van der Waals surface area contributed by atoms with E-state index >= 15 is 0 Å². The average Bonchev–Trinajstić information content (AvgIpc) is 3.24. The largest absolute Gasteiger partial charge is 0.491 e. The van der Waals surface area contributed by atoms with Crippen molar-refractivity contribution in [3.63, 3.8) is 0 Å². The lowest BCUT2D eigenvalue weighted by Crippen LogP contribution is -2.28. The summed E-state index contributed by atoms with van der Waals surface area (Å²) in [4.78, 5) is 14.7. The Bertz CT molecular complexity index is 730. The zero-order chi connectivity index (χ0) is 19.6. The van der Waals surface area contributed by atoms with E-state index in [2.05, 4.69) is 41.5 Å². The summed E-state index contributed by atoms with van der Waals surface area (Å²) in [5.41, 5.74) is 1.93. The van der Waals surface area contributed by atoms with Crippen molar-refractivity contribution in [2.75, 3.05) is 33.4 Å². The molecule has 3 rings (SSSR count). The smallest absolute Gasteiger partial charge is 0.251 e. The van der Waals surface area contributed by atoms with Crippen molar-refractivity contribution in [1.82, 2.24) is 10.2 Å². The lowest BCUT2D eigenvalue weighted by Gasteiger charge is -2.17. The Hall–Kier alpha value is -2.37. The Balaban J connectivity index is 1.36. The lowest BCUT2D eigenvalue weighted by atomic mass is 10.2. The second kappa shape index (κ2) is 10.8. The normalized spacial score (nSPS) is 16.3. The van der Waals surface area contributed by atoms with Gasteiger partial charge >= 0.3 is 0 Å². The molecule has 2 aromatic rings. The van der Waals surface area contributed by atoms with Crippen LogP contribution in [0.5, 0.6) is 5.75 Å². The lowest BCUT2D eigenvalue weighted by molar-refractivity contribution is 0.0679. The van der Waals surface area contributed by atoms with Crippen molar-refractivity contribution in [3.8, 4) is 5.75 Å². The molecule has 0 radical (unpaired) electrons. The van der Waals surface area contributed by atoms with E-state index in [1.54, 1.807) is 6.07 Å². The number of rotatable bonds is 10. The van der Waals surface area contributed by atoms with Crippen molar-refractivity contribution in [2.45, 2.75) is 31.9 Å². The summed E-state index contributed by atoms with van der Waals surface area (Å²) < 4.78 is 11.3. The first-order valence-electron chi connectivity index (χ1n) is 10.1. The van der Waals surface area contributed by atoms with Gasteiger partial charge in [-0.05, 0) is 56.6 Å². The summed E-state index contributed by atoms with van der Waals surface area (Å²) in [5, 5.41) is 3.00. The minimum Gasteiger partial charge on any atom is -0.491 e. The average molecular weight is 383 g/mol. The quantitative estimate of drug-likeness (QED) is 0.639. The molecule has 150 valence electrons. The Labute approximate surface area is 167 Å². The van der Waals surface area contributed by atoms with E-state index < -0.39 is 0 Å². The number of nitrogens with zero attached hydrogens (tertiary/aromatic N) is 1. The van der Waals surface area contributed by atoms with E-state index in [-0.39, 0.29) is 12.0 Å². The summed E-state index contributed by atoms with van der Waals surface area (Å²) >= 11 is 0. The highest BCUT2D eigenvalue weighted by Gasteiger charge is 2.16. The molecule has 0 saturated carbocycles. The van der Waals surface area contributed by atoms with Crippen molar-refractivity contribution in [3.05, 3.63) is 65.7 Å². The SMILES string of the molecule is CN(CCCNC(=O)c1cccc(OCC2CCCO2)c1)Cc1ccccc1. The highest BCUT2D eigenvalue weighted by molar-refractivity contribution is 5.94. The van der Waals surface area contributed by atoms with E-state index in [0.717, 1.165) is 39.0 Å². The van der Waals surface area contributed by atoms with Crippen LogP contribution in [0.25, 0.3) is 0 Å². The van der Waals surface area contributed by atoms with Gasteiger partial charge in [-0.1, -0.05) is 36.4 Å². The fourth-order valence-electron chi connectivity index (χ4n) is 3.32. The minimum atomic E-state index is -0.0618. The fraction of sp³-hybridized carbons (Fsp3) is 0.435. The van der Waals surface area contributed by atoms with E-state index in [1.807, 2.05) is 24.3 Å². The number of carbonyl (C=O) groups excluding carboxylic acids is 1. The van der Waals surface area contributed by atoms with E-state index in [4.69, 9.17) is 9.47 Å². The third-order valence-electron chi connectivity index (χ3n) is 4.85. The topological polar surface area (TPSA) is 50.8 Å². The molecule has 0 spiro atoms. The Morgan fingerprint density at radius 2 is 2.07 bits per heavy atom. The number of carbonyl (C=O) groups is 1. The zero-order valence-corrected chi connectivity index (χ0v) is 16.6. The maximum absolute atomic E-state index is 12.4. The van der Waals surface area contributed by atoms with Crippen LogP contribution in [-0.2, 0) is 11.3 Å². The summed E-state index contributed by atoms with van der Waals surface area (Å²) in [7, 11) is 2.10. The van der Waals surface area contributed by atoms with E-state index in [1.165, 1.54) is 5.56 Å². The molecule has 1 atom stereocenters. The molecule has 0 aliphatic carbocycles. The van der Waals surface area contributed by atoms with Crippen LogP contribution in [0.15, 0.2) is 54.6 Å². The van der Waals surface area contributed by atoms with Crippen LogP contribution in [0.1, 0.15) is 35.2 Å². The van der Waals surface area contributed by atoms with Gasteiger partial charge in [-0.25, -0.2) is 0 Å². The van der Waals surface area contributed by atoms with Crippen LogP contribution < -0.4 is 10.1 Å². The molecule has 5 heteroatoms. The molecule has 0 aromatic heterocycles. The Kier molecular flexibility index (Phi) is 7.88. The minimum absolute atomic E-state index is 0.0618. The number of ether oxygens (including phenoxy) is 2. The second-order valence-electron chi connectivity index (χ2n) is 7.31. The van der Waals surface area contributed by atoms with Gasteiger partial charge in [-0.3, -0.25) is 4.79 Å². The van der Waals surface area contributed by atoms with Gasteiger partial charge in [0.05, 0.1) is 6.10 Å². The first kappa shape index (κ1) is 20.4. The van der Waals surface area contributed by atoms with Crippen molar-refractivity contribution in [1.29, 1.82) is 0 Å². The van der Waals surface area contributed by atoms with Crippen LogP contribution in [0.4, 0.5) is 0 Å². The number of hydrogen-bond donors (Lipinski definition) is 1. The maximum Gasteiger partial charge on any atom is 0.251 e. The molecule has 1 heterocycles. The number of nitrogens with one attached hydrogen (secondary N) is 1. The molecule has 1 unspecified atom stereocenters.